The zero-order valence-corrected chi connectivity index (χ0v) is 6.66. The van der Waals surface area contributed by atoms with Crippen LogP contribution in [0.4, 0.5) is 0 Å². The quantitative estimate of drug-likeness (QED) is 0.609. The molecule has 1 N–H and O–H groups in total. The summed E-state index contributed by atoms with van der Waals surface area (Å²) in [6.07, 6.45) is 3.93. The topological polar surface area (TPSA) is 20.2 Å². The van der Waals surface area contributed by atoms with Gasteiger partial charge in [0.25, 0.3) is 0 Å². The van der Waals surface area contributed by atoms with Crippen molar-refractivity contribution >= 4 is 11.8 Å². The largest absolute Gasteiger partial charge is 0.395 e. The first kappa shape index (κ1) is 7.42. The first-order valence-electron chi connectivity index (χ1n) is 3.64. The average Bonchev–Trinajstić information content (AvgIpc) is 2.62. The van der Waals surface area contributed by atoms with Crippen molar-refractivity contribution in [2.24, 2.45) is 0 Å². The molecule has 0 aromatic heterocycles. The molecule has 1 aliphatic heterocycles. The van der Waals surface area contributed by atoms with Gasteiger partial charge in [0.1, 0.15) is 0 Å². The number of hydrogen-bond donors (Lipinski definition) is 1. The van der Waals surface area contributed by atoms with Crippen molar-refractivity contribution in [3.05, 3.63) is 0 Å². The first-order chi connectivity index (χ1) is 4.38. The van der Waals surface area contributed by atoms with Gasteiger partial charge in [-0.2, -0.15) is 11.8 Å². The SMILES string of the molecule is CCCC[C@@H]1S[C@H]1CO. The third kappa shape index (κ3) is 2.18. The fourth-order valence-electron chi connectivity index (χ4n) is 0.999. The molecule has 1 nitrogen and oxygen atoms in total. The highest BCUT2D eigenvalue weighted by Crippen LogP contribution is 2.43. The molecule has 1 saturated heterocycles. The lowest BCUT2D eigenvalue weighted by Gasteiger charge is -1.91. The van der Waals surface area contributed by atoms with Crippen LogP contribution in [-0.2, 0) is 0 Å². The van der Waals surface area contributed by atoms with Gasteiger partial charge < -0.3 is 5.11 Å². The summed E-state index contributed by atoms with van der Waals surface area (Å²) < 4.78 is 0. The molecule has 2 atom stereocenters. The smallest absolute Gasteiger partial charge is 0.0560 e. The lowest BCUT2D eigenvalue weighted by atomic mass is 10.2. The maximum atomic E-state index is 8.65. The molecule has 1 fully saturated rings. The molecule has 1 rings (SSSR count). The van der Waals surface area contributed by atoms with Gasteiger partial charge in [0.15, 0.2) is 0 Å². The minimum atomic E-state index is 0.388. The van der Waals surface area contributed by atoms with Gasteiger partial charge in [0.05, 0.1) is 6.61 Å². The van der Waals surface area contributed by atoms with E-state index in [1.165, 1.54) is 19.3 Å². The van der Waals surface area contributed by atoms with E-state index in [1.54, 1.807) is 0 Å². The number of thioether (sulfide) groups is 1. The number of hydrogen-bond acceptors (Lipinski definition) is 2. The molecule has 1 aliphatic rings. The van der Waals surface area contributed by atoms with Gasteiger partial charge in [-0.3, -0.25) is 0 Å². The molecule has 0 aromatic carbocycles. The predicted octanol–water partition coefficient (Wildman–Crippen LogP) is 1.65. The van der Waals surface area contributed by atoms with Crippen LogP contribution in [0.3, 0.4) is 0 Å². The number of unbranched alkanes of at least 4 members (excludes halogenated alkanes) is 1. The summed E-state index contributed by atoms with van der Waals surface area (Å²) in [6.45, 7) is 2.60. The molecule has 1 heterocycles. The number of aliphatic hydroxyl groups excluding tert-OH is 1. The van der Waals surface area contributed by atoms with Crippen molar-refractivity contribution in [1.82, 2.24) is 0 Å². The Morgan fingerprint density at radius 2 is 2.22 bits per heavy atom. The Kier molecular flexibility index (Phi) is 2.86. The standard InChI is InChI=1S/C7H14OS/c1-2-3-4-6-7(5-8)9-6/h6-8H,2-5H2,1H3/t6-,7-/m0/s1. The van der Waals surface area contributed by atoms with Crippen molar-refractivity contribution in [1.29, 1.82) is 0 Å². The fraction of sp³-hybridized carbons (Fsp3) is 1.00. The highest BCUT2D eigenvalue weighted by Gasteiger charge is 2.36. The Morgan fingerprint density at radius 1 is 1.44 bits per heavy atom. The second-order valence-electron chi connectivity index (χ2n) is 2.54. The highest BCUT2D eigenvalue weighted by molar-refractivity contribution is 8.07. The van der Waals surface area contributed by atoms with E-state index in [2.05, 4.69) is 6.92 Å². The van der Waals surface area contributed by atoms with E-state index in [1.807, 2.05) is 11.8 Å². The molecule has 0 bridgehead atoms. The monoisotopic (exact) mass is 146 g/mol. The summed E-state index contributed by atoms with van der Waals surface area (Å²) in [7, 11) is 0. The Hall–Kier alpha value is 0.310. The zero-order valence-electron chi connectivity index (χ0n) is 5.84. The Morgan fingerprint density at radius 3 is 2.67 bits per heavy atom. The van der Waals surface area contributed by atoms with E-state index in [0.717, 1.165) is 5.25 Å². The van der Waals surface area contributed by atoms with Gasteiger partial charge in [-0.1, -0.05) is 19.8 Å². The van der Waals surface area contributed by atoms with Crippen LogP contribution in [0, 0.1) is 0 Å². The molecule has 54 valence electrons. The molecule has 0 saturated carbocycles. The maximum absolute atomic E-state index is 8.65. The van der Waals surface area contributed by atoms with Crippen molar-refractivity contribution in [2.75, 3.05) is 6.61 Å². The van der Waals surface area contributed by atoms with Crippen molar-refractivity contribution in [3.8, 4) is 0 Å². The molecule has 0 aromatic rings. The molecule has 0 amide bonds. The van der Waals surface area contributed by atoms with Crippen LogP contribution in [-0.4, -0.2) is 22.2 Å². The highest BCUT2D eigenvalue weighted by atomic mass is 32.2. The van der Waals surface area contributed by atoms with E-state index in [4.69, 9.17) is 5.11 Å². The Labute approximate surface area is 60.8 Å². The molecule has 2 heteroatoms. The predicted molar refractivity (Wildman–Crippen MR) is 41.8 cm³/mol. The fourth-order valence-corrected chi connectivity index (χ4v) is 1.97. The summed E-state index contributed by atoms with van der Waals surface area (Å²) in [5.41, 5.74) is 0. The van der Waals surface area contributed by atoms with Gasteiger partial charge in [0, 0.05) is 10.5 Å². The van der Waals surface area contributed by atoms with E-state index >= 15 is 0 Å². The molecule has 9 heavy (non-hydrogen) atoms. The normalized spacial score (nSPS) is 32.7. The summed E-state index contributed by atoms with van der Waals surface area (Å²) in [5, 5.41) is 10.0. The van der Waals surface area contributed by atoms with Gasteiger partial charge in [-0.25, -0.2) is 0 Å². The van der Waals surface area contributed by atoms with Crippen LogP contribution in [0.1, 0.15) is 26.2 Å². The lowest BCUT2D eigenvalue weighted by Crippen LogP contribution is -1.98. The second kappa shape index (κ2) is 3.47. The molecular weight excluding hydrogens is 132 g/mol. The third-order valence-corrected chi connectivity index (χ3v) is 3.14. The molecule has 0 unspecified atom stereocenters. The number of aliphatic hydroxyl groups is 1. The van der Waals surface area contributed by atoms with Crippen LogP contribution in [0.2, 0.25) is 0 Å². The van der Waals surface area contributed by atoms with E-state index < -0.39 is 0 Å². The molecule has 0 radical (unpaired) electrons. The van der Waals surface area contributed by atoms with E-state index in [9.17, 15) is 0 Å². The van der Waals surface area contributed by atoms with E-state index in [-0.39, 0.29) is 0 Å². The van der Waals surface area contributed by atoms with Gasteiger partial charge >= 0.3 is 0 Å². The lowest BCUT2D eigenvalue weighted by molar-refractivity contribution is 0.301. The number of rotatable bonds is 4. The van der Waals surface area contributed by atoms with Gasteiger partial charge in [0.2, 0.25) is 0 Å². The van der Waals surface area contributed by atoms with Crippen LogP contribution < -0.4 is 0 Å². The first-order valence-corrected chi connectivity index (χ1v) is 4.59. The minimum absolute atomic E-state index is 0.388. The van der Waals surface area contributed by atoms with E-state index in [0.29, 0.717) is 11.9 Å². The van der Waals surface area contributed by atoms with Crippen LogP contribution in [0.5, 0.6) is 0 Å². The van der Waals surface area contributed by atoms with Crippen LogP contribution >= 0.6 is 11.8 Å². The molecular formula is C7H14OS. The minimum Gasteiger partial charge on any atom is -0.395 e. The Bertz CT molecular complexity index is 85.0. The summed E-state index contributed by atoms with van der Waals surface area (Å²) in [5.74, 6) is 0. The van der Waals surface area contributed by atoms with Crippen molar-refractivity contribution in [3.63, 3.8) is 0 Å². The molecule has 0 aliphatic carbocycles. The van der Waals surface area contributed by atoms with Crippen molar-refractivity contribution in [2.45, 2.75) is 36.7 Å². The van der Waals surface area contributed by atoms with Gasteiger partial charge in [-0.15, -0.1) is 0 Å². The maximum Gasteiger partial charge on any atom is 0.0560 e. The van der Waals surface area contributed by atoms with Crippen LogP contribution in [0.25, 0.3) is 0 Å². The summed E-state index contributed by atoms with van der Waals surface area (Å²) in [4.78, 5) is 0. The summed E-state index contributed by atoms with van der Waals surface area (Å²) in [6, 6.07) is 0. The zero-order chi connectivity index (χ0) is 6.69. The summed E-state index contributed by atoms with van der Waals surface area (Å²) >= 11 is 1.93. The average molecular weight is 146 g/mol. The van der Waals surface area contributed by atoms with Gasteiger partial charge in [-0.05, 0) is 6.42 Å². The second-order valence-corrected chi connectivity index (χ2v) is 4.02. The van der Waals surface area contributed by atoms with Crippen LogP contribution in [0.15, 0.2) is 0 Å². The Balaban J connectivity index is 1.92. The molecule has 0 spiro atoms. The third-order valence-electron chi connectivity index (χ3n) is 1.71. The van der Waals surface area contributed by atoms with Crippen molar-refractivity contribution < 1.29 is 5.11 Å².